The van der Waals surface area contributed by atoms with Crippen molar-refractivity contribution in [2.75, 3.05) is 6.61 Å². The normalized spacial score (nSPS) is 38.2. The molecule has 0 aromatic heterocycles. The van der Waals surface area contributed by atoms with Crippen molar-refractivity contribution in [3.05, 3.63) is 0 Å². The van der Waals surface area contributed by atoms with Crippen LogP contribution in [0.1, 0.15) is 46.0 Å². The average Bonchev–Trinajstić information content (AvgIpc) is 2.52. The van der Waals surface area contributed by atoms with Gasteiger partial charge in [-0.25, -0.2) is 0 Å². The molecule has 0 aromatic rings. The van der Waals surface area contributed by atoms with E-state index in [9.17, 15) is 9.59 Å². The fourth-order valence-electron chi connectivity index (χ4n) is 3.38. The minimum atomic E-state index is -0.479. The molecule has 3 heteroatoms. The molecule has 2 fully saturated rings. The monoisotopic (exact) mass is 224 g/mol. The third kappa shape index (κ3) is 1.76. The minimum absolute atomic E-state index is 0.0623. The molecule has 1 unspecified atom stereocenters. The largest absolute Gasteiger partial charge is 0.465 e. The number of hydrogen-bond acceptors (Lipinski definition) is 3. The molecule has 3 nitrogen and oxygen atoms in total. The number of Topliss-reactive ketones (excluding diaryl/α,β-unsaturated/α-hetero) is 1. The molecule has 0 heterocycles. The van der Waals surface area contributed by atoms with Crippen LogP contribution in [0.15, 0.2) is 0 Å². The smallest absolute Gasteiger partial charge is 0.316 e. The highest BCUT2D eigenvalue weighted by Gasteiger charge is 2.53. The molecule has 0 radical (unpaired) electrons. The Labute approximate surface area is 96.5 Å². The number of carbonyl (C=O) groups is 2. The van der Waals surface area contributed by atoms with E-state index in [1.165, 1.54) is 6.42 Å². The molecule has 3 atom stereocenters. The van der Waals surface area contributed by atoms with Crippen LogP contribution in [0.25, 0.3) is 0 Å². The van der Waals surface area contributed by atoms with E-state index >= 15 is 0 Å². The summed E-state index contributed by atoms with van der Waals surface area (Å²) in [6.07, 6.45) is 5.07. The lowest BCUT2D eigenvalue weighted by atomic mass is 9.69. The fraction of sp³-hybridized carbons (Fsp3) is 0.846. The number of hydrogen-bond donors (Lipinski definition) is 0. The van der Waals surface area contributed by atoms with Gasteiger partial charge in [-0.1, -0.05) is 19.8 Å². The van der Waals surface area contributed by atoms with E-state index < -0.39 is 5.92 Å². The van der Waals surface area contributed by atoms with Crippen LogP contribution in [0.4, 0.5) is 0 Å². The minimum Gasteiger partial charge on any atom is -0.465 e. The van der Waals surface area contributed by atoms with Crippen LogP contribution in [-0.2, 0) is 14.3 Å². The predicted octanol–water partition coefficient (Wildman–Crippen LogP) is 2.33. The van der Waals surface area contributed by atoms with Gasteiger partial charge in [0.05, 0.1) is 6.61 Å². The van der Waals surface area contributed by atoms with Crippen LogP contribution in [0.2, 0.25) is 0 Å². The summed E-state index contributed by atoms with van der Waals surface area (Å²) in [4.78, 5) is 23.9. The maximum atomic E-state index is 12.2. The van der Waals surface area contributed by atoms with Gasteiger partial charge in [0, 0.05) is 5.92 Å². The van der Waals surface area contributed by atoms with Crippen LogP contribution >= 0.6 is 0 Å². The molecule has 0 saturated heterocycles. The van der Waals surface area contributed by atoms with E-state index in [1.807, 2.05) is 0 Å². The second-order valence-electron chi connectivity index (χ2n) is 5.36. The van der Waals surface area contributed by atoms with Crippen LogP contribution < -0.4 is 0 Å². The van der Waals surface area contributed by atoms with Crippen molar-refractivity contribution >= 4 is 11.8 Å². The number of esters is 1. The van der Waals surface area contributed by atoms with E-state index in [0.717, 1.165) is 19.3 Å². The van der Waals surface area contributed by atoms with Gasteiger partial charge in [0.1, 0.15) is 5.92 Å². The lowest BCUT2D eigenvalue weighted by Crippen LogP contribution is -2.29. The maximum Gasteiger partial charge on any atom is 0.316 e. The van der Waals surface area contributed by atoms with Crippen molar-refractivity contribution in [2.45, 2.75) is 46.0 Å². The van der Waals surface area contributed by atoms with E-state index in [2.05, 4.69) is 6.92 Å². The van der Waals surface area contributed by atoms with Gasteiger partial charge in [0.15, 0.2) is 5.78 Å². The molecule has 0 aliphatic heterocycles. The number of fused-ring (bicyclic) bond motifs is 1. The molecule has 0 aromatic carbocycles. The lowest BCUT2D eigenvalue weighted by Gasteiger charge is -2.34. The molecule has 16 heavy (non-hydrogen) atoms. The van der Waals surface area contributed by atoms with Gasteiger partial charge in [-0.05, 0) is 31.6 Å². The summed E-state index contributed by atoms with van der Waals surface area (Å²) >= 11 is 0. The van der Waals surface area contributed by atoms with Crippen LogP contribution in [0.3, 0.4) is 0 Å². The van der Waals surface area contributed by atoms with Gasteiger partial charge in [-0.15, -0.1) is 0 Å². The van der Waals surface area contributed by atoms with E-state index in [1.54, 1.807) is 6.92 Å². The van der Waals surface area contributed by atoms with Gasteiger partial charge in [0.25, 0.3) is 0 Å². The Morgan fingerprint density at radius 3 is 2.88 bits per heavy atom. The van der Waals surface area contributed by atoms with Gasteiger partial charge >= 0.3 is 5.97 Å². The van der Waals surface area contributed by atoms with E-state index in [0.29, 0.717) is 13.0 Å². The summed E-state index contributed by atoms with van der Waals surface area (Å²) in [6, 6.07) is 0. The first-order chi connectivity index (χ1) is 7.58. The summed E-state index contributed by atoms with van der Waals surface area (Å²) in [5, 5.41) is 0. The topological polar surface area (TPSA) is 43.4 Å². The van der Waals surface area contributed by atoms with Crippen LogP contribution in [0, 0.1) is 17.3 Å². The van der Waals surface area contributed by atoms with E-state index in [-0.39, 0.29) is 23.1 Å². The van der Waals surface area contributed by atoms with Crippen molar-refractivity contribution in [2.24, 2.45) is 17.3 Å². The zero-order valence-corrected chi connectivity index (χ0v) is 10.1. The number of rotatable bonds is 2. The lowest BCUT2D eigenvalue weighted by molar-refractivity contribution is -0.150. The van der Waals surface area contributed by atoms with Gasteiger partial charge < -0.3 is 4.74 Å². The summed E-state index contributed by atoms with van der Waals surface area (Å²) in [5.74, 6) is -0.535. The highest BCUT2D eigenvalue weighted by atomic mass is 16.5. The number of carbonyl (C=O) groups excluding carboxylic acids is 2. The molecule has 2 rings (SSSR count). The van der Waals surface area contributed by atoms with Gasteiger partial charge in [0.2, 0.25) is 0 Å². The first-order valence-corrected chi connectivity index (χ1v) is 6.29. The summed E-state index contributed by atoms with van der Waals surface area (Å²) < 4.78 is 4.99. The molecule has 2 aliphatic rings. The Morgan fingerprint density at radius 2 is 2.25 bits per heavy atom. The zero-order chi connectivity index (χ0) is 11.8. The van der Waals surface area contributed by atoms with Gasteiger partial charge in [-0.3, -0.25) is 9.59 Å². The average molecular weight is 224 g/mol. The quantitative estimate of drug-likeness (QED) is 0.534. The highest BCUT2D eigenvalue weighted by Crippen LogP contribution is 2.52. The predicted molar refractivity (Wildman–Crippen MR) is 59.8 cm³/mol. The standard InChI is InChI=1S/C13H20O3/c1-3-16-12(15)9-8-13(2)7-5-4-6-10(13)11(9)14/h9-10H,3-8H2,1-2H3/t9?,10-,13+/m1/s1. The molecular formula is C13H20O3. The Bertz CT molecular complexity index is 310. The van der Waals surface area contributed by atoms with Crippen molar-refractivity contribution in [1.82, 2.24) is 0 Å². The molecule has 0 spiro atoms. The molecule has 0 amide bonds. The van der Waals surface area contributed by atoms with Crippen molar-refractivity contribution in [1.29, 1.82) is 0 Å². The van der Waals surface area contributed by atoms with Crippen LogP contribution in [0.5, 0.6) is 0 Å². The molecule has 2 saturated carbocycles. The number of ketones is 1. The van der Waals surface area contributed by atoms with Crippen LogP contribution in [-0.4, -0.2) is 18.4 Å². The summed E-state index contributed by atoms with van der Waals surface area (Å²) in [6.45, 7) is 4.31. The first-order valence-electron chi connectivity index (χ1n) is 6.29. The number of ether oxygens (including phenoxy) is 1. The Morgan fingerprint density at radius 1 is 1.50 bits per heavy atom. The summed E-state index contributed by atoms with van der Waals surface area (Å²) in [7, 11) is 0. The zero-order valence-electron chi connectivity index (χ0n) is 10.1. The van der Waals surface area contributed by atoms with E-state index in [4.69, 9.17) is 4.74 Å². The summed E-state index contributed by atoms with van der Waals surface area (Å²) in [5.41, 5.74) is 0.0623. The van der Waals surface area contributed by atoms with Crippen molar-refractivity contribution in [3.8, 4) is 0 Å². The third-order valence-electron chi connectivity index (χ3n) is 4.26. The second-order valence-corrected chi connectivity index (χ2v) is 5.36. The molecule has 0 bridgehead atoms. The SMILES string of the molecule is CCOC(=O)C1C[C@]2(C)CCCC[C@@H]2C1=O. The third-order valence-corrected chi connectivity index (χ3v) is 4.26. The molecular weight excluding hydrogens is 204 g/mol. The molecule has 0 N–H and O–H groups in total. The first kappa shape index (κ1) is 11.6. The molecule has 90 valence electrons. The molecule has 2 aliphatic carbocycles. The van der Waals surface area contributed by atoms with Crippen molar-refractivity contribution in [3.63, 3.8) is 0 Å². The van der Waals surface area contributed by atoms with Gasteiger partial charge in [-0.2, -0.15) is 0 Å². The van der Waals surface area contributed by atoms with Crippen molar-refractivity contribution < 1.29 is 14.3 Å². The Balaban J connectivity index is 2.14. The highest BCUT2D eigenvalue weighted by molar-refractivity contribution is 6.02. The Hall–Kier alpha value is -0.860. The second kappa shape index (κ2) is 4.19. The maximum absolute atomic E-state index is 12.2. The fourth-order valence-corrected chi connectivity index (χ4v) is 3.38. The Kier molecular flexibility index (Phi) is 3.04.